The summed E-state index contributed by atoms with van der Waals surface area (Å²) in [6, 6.07) is 8.40. The summed E-state index contributed by atoms with van der Waals surface area (Å²) in [5.74, 6) is 0. The van der Waals surface area contributed by atoms with Gasteiger partial charge in [0.05, 0.1) is 19.3 Å². The fourth-order valence-corrected chi connectivity index (χ4v) is 3.45. The molecular weight excluding hydrogens is 316 g/mol. The second-order valence-corrected chi connectivity index (χ2v) is 6.87. The van der Waals surface area contributed by atoms with Crippen molar-refractivity contribution in [1.82, 2.24) is 15.5 Å². The molecule has 2 saturated heterocycles. The number of benzene rings is 1. The molecule has 2 fully saturated rings. The van der Waals surface area contributed by atoms with Crippen LogP contribution in [0.15, 0.2) is 24.3 Å². The maximum atomic E-state index is 12.1. The Morgan fingerprint density at radius 1 is 1.20 bits per heavy atom. The second-order valence-electron chi connectivity index (χ2n) is 6.87. The van der Waals surface area contributed by atoms with Crippen LogP contribution in [-0.4, -0.2) is 63.4 Å². The van der Waals surface area contributed by atoms with Gasteiger partial charge in [-0.15, -0.1) is 0 Å². The molecule has 2 heterocycles. The highest BCUT2D eigenvalue weighted by atomic mass is 16.5. The Bertz CT molecular complexity index is 554. The van der Waals surface area contributed by atoms with E-state index in [0.717, 1.165) is 51.5 Å². The van der Waals surface area contributed by atoms with Gasteiger partial charge < -0.3 is 20.3 Å². The molecule has 1 atom stereocenters. The fraction of sp³-hybridized carbons (Fsp3) is 0.632. The van der Waals surface area contributed by atoms with Gasteiger partial charge in [0.25, 0.3) is 0 Å². The summed E-state index contributed by atoms with van der Waals surface area (Å²) < 4.78 is 5.33. The zero-order chi connectivity index (χ0) is 17.5. The lowest BCUT2D eigenvalue weighted by atomic mass is 10.1. The minimum Gasteiger partial charge on any atom is -0.379 e. The molecule has 6 heteroatoms. The monoisotopic (exact) mass is 346 g/mol. The van der Waals surface area contributed by atoms with Crippen LogP contribution in [-0.2, 0) is 4.74 Å². The number of nitrogens with one attached hydrogen (secondary N) is 2. The Hall–Kier alpha value is -1.79. The summed E-state index contributed by atoms with van der Waals surface area (Å²) in [7, 11) is 0. The summed E-state index contributed by atoms with van der Waals surface area (Å²) >= 11 is 0. The van der Waals surface area contributed by atoms with E-state index >= 15 is 0 Å². The van der Waals surface area contributed by atoms with Crippen LogP contribution in [0.25, 0.3) is 0 Å². The maximum absolute atomic E-state index is 12.1. The zero-order valence-electron chi connectivity index (χ0n) is 15.2. The minimum atomic E-state index is -0.104. The third kappa shape index (κ3) is 5.34. The van der Waals surface area contributed by atoms with E-state index in [-0.39, 0.29) is 12.1 Å². The smallest absolute Gasteiger partial charge is 0.315 e. The van der Waals surface area contributed by atoms with E-state index < -0.39 is 0 Å². The number of ether oxygens (including phenoxy) is 1. The van der Waals surface area contributed by atoms with Crippen molar-refractivity contribution < 1.29 is 9.53 Å². The first-order chi connectivity index (χ1) is 12.2. The Morgan fingerprint density at radius 2 is 1.96 bits per heavy atom. The van der Waals surface area contributed by atoms with Gasteiger partial charge in [-0.2, -0.15) is 0 Å². The van der Waals surface area contributed by atoms with Gasteiger partial charge in [-0.3, -0.25) is 4.90 Å². The number of amides is 2. The van der Waals surface area contributed by atoms with Gasteiger partial charge in [0, 0.05) is 45.0 Å². The molecule has 6 nitrogen and oxygen atoms in total. The van der Waals surface area contributed by atoms with Crippen LogP contribution in [0.3, 0.4) is 0 Å². The van der Waals surface area contributed by atoms with E-state index in [0.29, 0.717) is 6.54 Å². The van der Waals surface area contributed by atoms with E-state index in [4.69, 9.17) is 4.74 Å². The van der Waals surface area contributed by atoms with E-state index in [1.807, 2.05) is 6.92 Å². The van der Waals surface area contributed by atoms with Crippen LogP contribution >= 0.6 is 0 Å². The van der Waals surface area contributed by atoms with E-state index in [9.17, 15) is 4.79 Å². The predicted octanol–water partition coefficient (Wildman–Crippen LogP) is 1.98. The average Bonchev–Trinajstić information content (AvgIpc) is 3.17. The molecule has 1 aromatic carbocycles. The van der Waals surface area contributed by atoms with Crippen molar-refractivity contribution in [3.63, 3.8) is 0 Å². The molecule has 0 unspecified atom stereocenters. The molecule has 0 saturated carbocycles. The zero-order valence-corrected chi connectivity index (χ0v) is 15.2. The average molecular weight is 346 g/mol. The molecule has 0 radical (unpaired) electrons. The highest BCUT2D eigenvalue weighted by molar-refractivity contribution is 5.74. The van der Waals surface area contributed by atoms with Gasteiger partial charge >= 0.3 is 6.03 Å². The Balaban J connectivity index is 1.43. The molecule has 3 rings (SSSR count). The standard InChI is InChI=1S/C19H30N4O2/c1-16(17-5-4-6-18(15-17)23-8-2-3-9-23)21-19(24)20-7-10-22-11-13-25-14-12-22/h4-6,15-16H,2-3,7-14H2,1H3,(H2,20,21,24)/t16-/m0/s1. The molecule has 2 aliphatic rings. The maximum Gasteiger partial charge on any atom is 0.315 e. The van der Waals surface area contributed by atoms with Gasteiger partial charge in [0.2, 0.25) is 0 Å². The van der Waals surface area contributed by atoms with Gasteiger partial charge in [0.15, 0.2) is 0 Å². The van der Waals surface area contributed by atoms with Gasteiger partial charge in [-0.25, -0.2) is 4.79 Å². The van der Waals surface area contributed by atoms with Crippen LogP contribution < -0.4 is 15.5 Å². The molecule has 2 amide bonds. The summed E-state index contributed by atoms with van der Waals surface area (Å²) in [4.78, 5) is 16.9. The van der Waals surface area contributed by atoms with Crippen LogP contribution in [0.2, 0.25) is 0 Å². The fourth-order valence-electron chi connectivity index (χ4n) is 3.45. The van der Waals surface area contributed by atoms with E-state index in [2.05, 4.69) is 44.7 Å². The number of morpholine rings is 1. The van der Waals surface area contributed by atoms with Crippen molar-refractivity contribution in [2.24, 2.45) is 0 Å². The summed E-state index contributed by atoms with van der Waals surface area (Å²) in [6.07, 6.45) is 2.53. The summed E-state index contributed by atoms with van der Waals surface area (Å²) in [5.41, 5.74) is 2.41. The topological polar surface area (TPSA) is 56.8 Å². The molecule has 0 bridgehead atoms. The second kappa shape index (κ2) is 9.06. The SMILES string of the molecule is C[C@H](NC(=O)NCCN1CCOCC1)c1cccc(N2CCCC2)c1. The predicted molar refractivity (Wildman–Crippen MR) is 100 cm³/mol. The minimum absolute atomic E-state index is 0.00839. The quantitative estimate of drug-likeness (QED) is 0.827. The molecule has 1 aromatic rings. The van der Waals surface area contributed by atoms with Crippen molar-refractivity contribution in [3.05, 3.63) is 29.8 Å². The third-order valence-electron chi connectivity index (χ3n) is 5.01. The Labute approximate surface area is 150 Å². The van der Waals surface area contributed by atoms with Gasteiger partial charge in [-0.1, -0.05) is 12.1 Å². The third-order valence-corrected chi connectivity index (χ3v) is 5.01. The van der Waals surface area contributed by atoms with Crippen molar-refractivity contribution in [2.45, 2.75) is 25.8 Å². The highest BCUT2D eigenvalue weighted by Crippen LogP contribution is 2.23. The van der Waals surface area contributed by atoms with Crippen molar-refractivity contribution in [2.75, 3.05) is 57.4 Å². The van der Waals surface area contributed by atoms with Crippen molar-refractivity contribution >= 4 is 11.7 Å². The molecule has 2 aliphatic heterocycles. The number of anilines is 1. The normalized spacial score (nSPS) is 19.6. The first kappa shape index (κ1) is 18.0. The van der Waals surface area contributed by atoms with E-state index in [1.165, 1.54) is 18.5 Å². The van der Waals surface area contributed by atoms with Crippen LogP contribution in [0.5, 0.6) is 0 Å². The molecule has 25 heavy (non-hydrogen) atoms. The number of urea groups is 1. The first-order valence-corrected chi connectivity index (χ1v) is 9.42. The lowest BCUT2D eigenvalue weighted by molar-refractivity contribution is 0.0387. The number of rotatable bonds is 6. The number of carbonyl (C=O) groups excluding carboxylic acids is 1. The summed E-state index contributed by atoms with van der Waals surface area (Å²) in [6.45, 7) is 9.30. The van der Waals surface area contributed by atoms with Crippen LogP contribution in [0, 0.1) is 0 Å². The molecule has 0 spiro atoms. The molecule has 138 valence electrons. The number of nitrogens with zero attached hydrogens (tertiary/aromatic N) is 2. The van der Waals surface area contributed by atoms with Crippen LogP contribution in [0.4, 0.5) is 10.5 Å². The molecular formula is C19H30N4O2. The van der Waals surface area contributed by atoms with E-state index in [1.54, 1.807) is 0 Å². The molecule has 0 aliphatic carbocycles. The van der Waals surface area contributed by atoms with Crippen molar-refractivity contribution in [3.8, 4) is 0 Å². The lowest BCUT2D eigenvalue weighted by Gasteiger charge is -2.26. The summed E-state index contributed by atoms with van der Waals surface area (Å²) in [5, 5.41) is 6.00. The van der Waals surface area contributed by atoms with Gasteiger partial charge in [-0.05, 0) is 37.5 Å². The number of hydrogen-bond acceptors (Lipinski definition) is 4. The largest absolute Gasteiger partial charge is 0.379 e. The molecule has 0 aromatic heterocycles. The van der Waals surface area contributed by atoms with Gasteiger partial charge in [0.1, 0.15) is 0 Å². The Morgan fingerprint density at radius 3 is 2.72 bits per heavy atom. The lowest BCUT2D eigenvalue weighted by Crippen LogP contribution is -2.44. The number of hydrogen-bond donors (Lipinski definition) is 2. The first-order valence-electron chi connectivity index (χ1n) is 9.42. The highest BCUT2D eigenvalue weighted by Gasteiger charge is 2.15. The molecule has 2 N–H and O–H groups in total. The number of carbonyl (C=O) groups is 1. The van der Waals surface area contributed by atoms with Crippen LogP contribution in [0.1, 0.15) is 31.4 Å². The van der Waals surface area contributed by atoms with Crippen molar-refractivity contribution in [1.29, 1.82) is 0 Å². The Kier molecular flexibility index (Phi) is 6.53.